The molecular weight excluding hydrogens is 288 g/mol. The van der Waals surface area contributed by atoms with Gasteiger partial charge in [0, 0.05) is 24.2 Å². The molecule has 1 heterocycles. The van der Waals surface area contributed by atoms with E-state index in [0.717, 1.165) is 27.7 Å². The number of carbonyl (C=O) groups excluding carboxylic acids is 2. The molecule has 4 heteroatoms. The Kier molecular flexibility index (Phi) is 3.74. The predicted molar refractivity (Wildman–Crippen MR) is 92.1 cm³/mol. The second-order valence-electron chi connectivity index (χ2n) is 5.78. The summed E-state index contributed by atoms with van der Waals surface area (Å²) in [6.45, 7) is 5.46. The van der Waals surface area contributed by atoms with E-state index in [2.05, 4.69) is 11.4 Å². The maximum atomic E-state index is 12.7. The molecule has 0 aliphatic carbocycles. The Hall–Kier alpha value is -2.88. The van der Waals surface area contributed by atoms with Crippen LogP contribution in [0.5, 0.6) is 0 Å². The molecule has 3 rings (SSSR count). The van der Waals surface area contributed by atoms with Crippen LogP contribution in [0.1, 0.15) is 33.2 Å². The maximum Gasteiger partial charge on any atom is 0.257 e. The first-order valence-corrected chi connectivity index (χ1v) is 7.46. The zero-order chi connectivity index (χ0) is 16.6. The summed E-state index contributed by atoms with van der Waals surface area (Å²) in [5.41, 5.74) is 4.17. The van der Waals surface area contributed by atoms with E-state index in [1.807, 2.05) is 50.2 Å². The molecule has 0 fully saturated rings. The van der Waals surface area contributed by atoms with E-state index in [-0.39, 0.29) is 11.8 Å². The lowest BCUT2D eigenvalue weighted by atomic mass is 10.1. The zero-order valence-corrected chi connectivity index (χ0v) is 13.4. The van der Waals surface area contributed by atoms with Gasteiger partial charge in [-0.05, 0) is 43.2 Å². The van der Waals surface area contributed by atoms with E-state index in [4.69, 9.17) is 0 Å². The summed E-state index contributed by atoms with van der Waals surface area (Å²) in [7, 11) is 0. The van der Waals surface area contributed by atoms with Crippen molar-refractivity contribution in [2.45, 2.75) is 20.8 Å². The van der Waals surface area contributed by atoms with Gasteiger partial charge in [-0.25, -0.2) is 0 Å². The van der Waals surface area contributed by atoms with Crippen LogP contribution in [0.15, 0.2) is 48.7 Å². The first-order valence-electron chi connectivity index (χ1n) is 7.46. The highest BCUT2D eigenvalue weighted by atomic mass is 16.2. The highest BCUT2D eigenvalue weighted by Crippen LogP contribution is 2.23. The van der Waals surface area contributed by atoms with E-state index in [1.54, 1.807) is 6.20 Å². The third-order valence-corrected chi connectivity index (χ3v) is 3.78. The molecule has 116 valence electrons. The molecule has 0 atom stereocenters. The monoisotopic (exact) mass is 306 g/mol. The number of amides is 1. The molecular formula is C19H18N2O2. The number of aromatic nitrogens is 1. The minimum atomic E-state index is -0.216. The third-order valence-electron chi connectivity index (χ3n) is 3.78. The number of rotatable bonds is 2. The maximum absolute atomic E-state index is 12.7. The third kappa shape index (κ3) is 2.88. The van der Waals surface area contributed by atoms with E-state index in [1.165, 1.54) is 11.5 Å². The van der Waals surface area contributed by atoms with Crippen LogP contribution < -0.4 is 5.32 Å². The molecule has 23 heavy (non-hydrogen) atoms. The van der Waals surface area contributed by atoms with Crippen molar-refractivity contribution in [2.75, 3.05) is 5.32 Å². The van der Waals surface area contributed by atoms with Crippen LogP contribution >= 0.6 is 0 Å². The van der Waals surface area contributed by atoms with Gasteiger partial charge >= 0.3 is 0 Å². The molecule has 0 saturated carbocycles. The lowest BCUT2D eigenvalue weighted by Gasteiger charge is -2.07. The van der Waals surface area contributed by atoms with Crippen LogP contribution in [-0.4, -0.2) is 16.4 Å². The summed E-state index contributed by atoms with van der Waals surface area (Å²) >= 11 is 0. The van der Waals surface area contributed by atoms with E-state index in [9.17, 15) is 9.59 Å². The summed E-state index contributed by atoms with van der Waals surface area (Å²) in [6, 6.07) is 13.3. The number of benzene rings is 2. The number of nitrogens with zero attached hydrogens (tertiary/aromatic N) is 1. The van der Waals surface area contributed by atoms with Gasteiger partial charge < -0.3 is 5.32 Å². The fourth-order valence-electron chi connectivity index (χ4n) is 2.87. The Balaban J connectivity index is 2.02. The Morgan fingerprint density at radius 3 is 2.30 bits per heavy atom. The van der Waals surface area contributed by atoms with Crippen molar-refractivity contribution in [1.82, 2.24) is 4.57 Å². The molecule has 1 amide bonds. The van der Waals surface area contributed by atoms with Crippen molar-refractivity contribution < 1.29 is 9.59 Å². The van der Waals surface area contributed by atoms with E-state index < -0.39 is 0 Å². The summed E-state index contributed by atoms with van der Waals surface area (Å²) in [4.78, 5) is 24.4. The van der Waals surface area contributed by atoms with Crippen molar-refractivity contribution in [3.63, 3.8) is 0 Å². The lowest BCUT2D eigenvalue weighted by Crippen LogP contribution is -2.12. The Morgan fingerprint density at radius 1 is 1.00 bits per heavy atom. The minimum Gasteiger partial charge on any atom is -0.322 e. The molecule has 0 bridgehead atoms. The fourth-order valence-corrected chi connectivity index (χ4v) is 2.87. The summed E-state index contributed by atoms with van der Waals surface area (Å²) < 4.78 is 1.51. The number of anilines is 1. The highest BCUT2D eigenvalue weighted by Gasteiger charge is 2.16. The summed E-state index contributed by atoms with van der Waals surface area (Å²) in [5, 5.41) is 3.69. The molecule has 2 aromatic carbocycles. The van der Waals surface area contributed by atoms with Crippen molar-refractivity contribution in [3.8, 4) is 0 Å². The number of nitrogens with one attached hydrogen (secondary N) is 1. The van der Waals surface area contributed by atoms with Gasteiger partial charge in [0.2, 0.25) is 5.91 Å². The van der Waals surface area contributed by atoms with Crippen LogP contribution in [0, 0.1) is 13.8 Å². The molecule has 0 radical (unpaired) electrons. The number of fused-ring (bicyclic) bond motifs is 1. The second-order valence-corrected chi connectivity index (χ2v) is 5.78. The van der Waals surface area contributed by atoms with Gasteiger partial charge in [0.05, 0.1) is 11.1 Å². The molecule has 1 aromatic heterocycles. The van der Waals surface area contributed by atoms with Crippen molar-refractivity contribution in [3.05, 3.63) is 65.4 Å². The van der Waals surface area contributed by atoms with Crippen LogP contribution in [0.4, 0.5) is 5.69 Å². The number of carbonyl (C=O) groups is 2. The smallest absolute Gasteiger partial charge is 0.257 e. The molecule has 0 aliphatic heterocycles. The zero-order valence-electron chi connectivity index (χ0n) is 13.4. The van der Waals surface area contributed by atoms with Crippen molar-refractivity contribution in [2.24, 2.45) is 0 Å². The molecule has 4 nitrogen and oxygen atoms in total. The van der Waals surface area contributed by atoms with Crippen LogP contribution in [0.3, 0.4) is 0 Å². The first-order chi connectivity index (χ1) is 11.0. The van der Waals surface area contributed by atoms with E-state index >= 15 is 0 Å². The number of para-hydroxylation sites is 1. The molecule has 0 aliphatic rings. The van der Waals surface area contributed by atoms with Gasteiger partial charge in [-0.3, -0.25) is 14.2 Å². The SMILES string of the molecule is CC(=O)n1cc(C(=O)Nc2cc(C)cc(C)c2)c2ccccc21. The predicted octanol–water partition coefficient (Wildman–Crippen LogP) is 4.17. The topological polar surface area (TPSA) is 51.1 Å². The highest BCUT2D eigenvalue weighted by molar-refractivity contribution is 6.14. The van der Waals surface area contributed by atoms with Gasteiger partial charge in [-0.2, -0.15) is 0 Å². The quantitative estimate of drug-likeness (QED) is 0.772. The average molecular weight is 306 g/mol. The first kappa shape index (κ1) is 15.0. The van der Waals surface area contributed by atoms with Crippen LogP contribution in [-0.2, 0) is 0 Å². The molecule has 1 N–H and O–H groups in total. The second kappa shape index (κ2) is 5.72. The molecule has 0 saturated heterocycles. The number of aryl methyl sites for hydroxylation is 2. The molecule has 3 aromatic rings. The molecule has 0 spiro atoms. The Bertz CT molecular complexity index is 902. The van der Waals surface area contributed by atoms with Crippen LogP contribution in [0.2, 0.25) is 0 Å². The van der Waals surface area contributed by atoms with Crippen LogP contribution in [0.25, 0.3) is 10.9 Å². The van der Waals surface area contributed by atoms with Gasteiger partial charge in [-0.1, -0.05) is 24.3 Å². The van der Waals surface area contributed by atoms with Crippen molar-refractivity contribution >= 4 is 28.4 Å². The minimum absolute atomic E-state index is 0.119. The normalized spacial score (nSPS) is 10.7. The number of hydrogen-bond acceptors (Lipinski definition) is 2. The molecule has 0 unspecified atom stereocenters. The van der Waals surface area contributed by atoms with Gasteiger partial charge in [0.25, 0.3) is 5.91 Å². The lowest BCUT2D eigenvalue weighted by molar-refractivity contribution is 0.0941. The standard InChI is InChI=1S/C19H18N2O2/c1-12-8-13(2)10-15(9-12)20-19(23)17-11-21(14(3)22)18-7-5-4-6-16(17)18/h4-11H,1-3H3,(H,20,23). The van der Waals surface area contributed by atoms with Crippen molar-refractivity contribution in [1.29, 1.82) is 0 Å². The summed E-state index contributed by atoms with van der Waals surface area (Å²) in [6.07, 6.45) is 1.60. The van der Waals surface area contributed by atoms with E-state index in [0.29, 0.717) is 5.56 Å². The fraction of sp³-hybridized carbons (Fsp3) is 0.158. The summed E-state index contributed by atoms with van der Waals surface area (Å²) in [5.74, 6) is -0.335. The number of hydrogen-bond donors (Lipinski definition) is 1. The average Bonchev–Trinajstić information content (AvgIpc) is 2.86. The van der Waals surface area contributed by atoms with Gasteiger partial charge in [-0.15, -0.1) is 0 Å². The van der Waals surface area contributed by atoms with Gasteiger partial charge in [0.15, 0.2) is 0 Å². The Labute approximate surface area is 134 Å². The Morgan fingerprint density at radius 2 is 1.65 bits per heavy atom. The largest absolute Gasteiger partial charge is 0.322 e. The van der Waals surface area contributed by atoms with Gasteiger partial charge in [0.1, 0.15) is 0 Å².